The van der Waals surface area contributed by atoms with Gasteiger partial charge >= 0.3 is 41.7 Å². The number of hydrogen-bond donors (Lipinski definition) is 3. The van der Waals surface area contributed by atoms with E-state index in [1.807, 2.05) is 0 Å². The van der Waals surface area contributed by atoms with Gasteiger partial charge in [0.25, 0.3) is 0 Å². The third-order valence-corrected chi connectivity index (χ3v) is 2.22. The SMILES string of the molecule is CCP(C)(O)(O)O. The van der Waals surface area contributed by atoms with E-state index in [0.29, 0.717) is 0 Å². The summed E-state index contributed by atoms with van der Waals surface area (Å²) < 4.78 is 0. The van der Waals surface area contributed by atoms with Crippen molar-refractivity contribution in [2.75, 3.05) is 12.8 Å². The minimum absolute atomic E-state index is 0.0333. The molecule has 0 atom stereocenters. The molecule has 0 spiro atoms. The van der Waals surface area contributed by atoms with Gasteiger partial charge < -0.3 is 0 Å². The van der Waals surface area contributed by atoms with E-state index in [9.17, 15) is 0 Å². The van der Waals surface area contributed by atoms with Gasteiger partial charge in [-0.15, -0.1) is 0 Å². The quantitative estimate of drug-likeness (QED) is 0.430. The Morgan fingerprint density at radius 1 is 1.29 bits per heavy atom. The van der Waals surface area contributed by atoms with Crippen molar-refractivity contribution in [1.29, 1.82) is 0 Å². The first kappa shape index (κ1) is 7.31. The van der Waals surface area contributed by atoms with Crippen molar-refractivity contribution in [1.82, 2.24) is 0 Å². The van der Waals surface area contributed by atoms with Gasteiger partial charge in [0.05, 0.1) is 0 Å². The van der Waals surface area contributed by atoms with Crippen molar-refractivity contribution in [3.8, 4) is 0 Å². The molecule has 0 aliphatic rings. The summed E-state index contributed by atoms with van der Waals surface area (Å²) in [6.45, 7) is 2.59. The van der Waals surface area contributed by atoms with Gasteiger partial charge in [-0.2, -0.15) is 0 Å². The Hall–Kier alpha value is 0.310. The van der Waals surface area contributed by atoms with Crippen LogP contribution in [0.1, 0.15) is 6.92 Å². The maximum absolute atomic E-state index is 8.53. The molecule has 7 heavy (non-hydrogen) atoms. The number of rotatable bonds is 1. The minimum atomic E-state index is -4.08. The first-order chi connectivity index (χ1) is 2.81. The van der Waals surface area contributed by atoms with Crippen LogP contribution < -0.4 is 0 Å². The normalized spacial score (nSPS) is 18.1. The molecule has 3 N–H and O–H groups in total. The van der Waals surface area contributed by atoms with Crippen LogP contribution in [0.5, 0.6) is 0 Å². The fourth-order valence-corrected chi connectivity index (χ4v) is 0. The van der Waals surface area contributed by atoms with Gasteiger partial charge in [-0.05, 0) is 0 Å². The summed E-state index contributed by atoms with van der Waals surface area (Å²) in [6.07, 6.45) is 0.0333. The molecule has 3 nitrogen and oxygen atoms in total. The van der Waals surface area contributed by atoms with Crippen LogP contribution in [-0.2, 0) is 0 Å². The average Bonchev–Trinajstić information content (AvgIpc) is 1.32. The second kappa shape index (κ2) is 1.39. The molecule has 0 fully saturated rings. The molecule has 0 rings (SSSR count). The van der Waals surface area contributed by atoms with E-state index in [1.54, 1.807) is 0 Å². The fraction of sp³-hybridized carbons (Fsp3) is 1.00. The monoisotopic (exact) mass is 126 g/mol. The van der Waals surface area contributed by atoms with Crippen LogP contribution >= 0.6 is 7.28 Å². The summed E-state index contributed by atoms with van der Waals surface area (Å²) in [5.74, 6) is 0. The summed E-state index contributed by atoms with van der Waals surface area (Å²) >= 11 is 0. The summed E-state index contributed by atoms with van der Waals surface area (Å²) in [7, 11) is -4.08. The van der Waals surface area contributed by atoms with Crippen molar-refractivity contribution in [2.24, 2.45) is 0 Å². The zero-order valence-electron chi connectivity index (χ0n) is 4.50. The standard InChI is InChI=1S/C3H11O3P/c1-3-7(2,4,5)6/h4-6H,3H2,1-2H3. The molecule has 0 bridgehead atoms. The molecule has 0 aliphatic heterocycles. The van der Waals surface area contributed by atoms with Crippen molar-refractivity contribution in [3.05, 3.63) is 0 Å². The van der Waals surface area contributed by atoms with Crippen molar-refractivity contribution >= 4 is 7.28 Å². The molecule has 0 aliphatic carbocycles. The second-order valence-electron chi connectivity index (χ2n) is 1.93. The summed E-state index contributed by atoms with van der Waals surface area (Å²) in [5.41, 5.74) is 0. The molecule has 0 heterocycles. The maximum atomic E-state index is 8.53. The van der Waals surface area contributed by atoms with Gasteiger partial charge in [0.15, 0.2) is 0 Å². The molecule has 0 aromatic rings. The van der Waals surface area contributed by atoms with Crippen LogP contribution in [0.25, 0.3) is 0 Å². The Morgan fingerprint density at radius 2 is 1.43 bits per heavy atom. The Kier molecular flexibility index (Phi) is 1.45. The molecule has 0 amide bonds. The Bertz CT molecular complexity index is 62.7. The third kappa shape index (κ3) is 6.31. The summed E-state index contributed by atoms with van der Waals surface area (Å²) in [5, 5.41) is 0. The molecule has 0 unspecified atom stereocenters. The summed E-state index contributed by atoms with van der Waals surface area (Å²) in [6, 6.07) is 0. The van der Waals surface area contributed by atoms with Crippen LogP contribution in [0.3, 0.4) is 0 Å². The first-order valence-corrected chi connectivity index (χ1v) is 4.80. The topological polar surface area (TPSA) is 60.7 Å². The predicted octanol–water partition coefficient (Wildman–Crippen LogP) is -0.0887. The zero-order valence-corrected chi connectivity index (χ0v) is 5.39. The first-order valence-electron chi connectivity index (χ1n) is 2.07. The van der Waals surface area contributed by atoms with Gasteiger partial charge in [0.1, 0.15) is 0 Å². The second-order valence-corrected chi connectivity index (χ2v) is 5.78. The summed E-state index contributed by atoms with van der Waals surface area (Å²) in [4.78, 5) is 25.6. The van der Waals surface area contributed by atoms with E-state index < -0.39 is 7.28 Å². The Labute approximate surface area is 42.8 Å². The Balaban J connectivity index is 3.83. The van der Waals surface area contributed by atoms with E-state index in [1.165, 1.54) is 6.92 Å². The Morgan fingerprint density at radius 3 is 1.43 bits per heavy atom. The van der Waals surface area contributed by atoms with Gasteiger partial charge in [0, 0.05) is 0 Å². The van der Waals surface area contributed by atoms with Crippen molar-refractivity contribution in [3.63, 3.8) is 0 Å². The van der Waals surface area contributed by atoms with Crippen molar-refractivity contribution < 1.29 is 14.7 Å². The van der Waals surface area contributed by atoms with Crippen LogP contribution in [0, 0.1) is 0 Å². The molecular formula is C3H11O3P. The van der Waals surface area contributed by atoms with E-state index in [4.69, 9.17) is 14.7 Å². The van der Waals surface area contributed by atoms with E-state index in [-0.39, 0.29) is 6.16 Å². The molecule has 0 aromatic carbocycles. The van der Waals surface area contributed by atoms with Gasteiger partial charge in [0.2, 0.25) is 0 Å². The fourth-order valence-electron chi connectivity index (χ4n) is 0. The van der Waals surface area contributed by atoms with Gasteiger partial charge in [-0.3, -0.25) is 0 Å². The predicted molar refractivity (Wildman–Crippen MR) is 30.0 cm³/mol. The average molecular weight is 126 g/mol. The van der Waals surface area contributed by atoms with Gasteiger partial charge in [-0.1, -0.05) is 0 Å². The van der Waals surface area contributed by atoms with E-state index in [2.05, 4.69) is 0 Å². The van der Waals surface area contributed by atoms with Crippen LogP contribution in [-0.4, -0.2) is 27.5 Å². The molecular weight excluding hydrogens is 115 g/mol. The molecule has 0 saturated heterocycles. The third-order valence-electron chi connectivity index (χ3n) is 0.740. The molecule has 0 radical (unpaired) electrons. The van der Waals surface area contributed by atoms with E-state index >= 15 is 0 Å². The van der Waals surface area contributed by atoms with Crippen LogP contribution in [0.4, 0.5) is 0 Å². The van der Waals surface area contributed by atoms with Gasteiger partial charge in [-0.25, -0.2) is 0 Å². The molecule has 4 heteroatoms. The van der Waals surface area contributed by atoms with Crippen molar-refractivity contribution in [2.45, 2.75) is 6.92 Å². The zero-order chi connectivity index (χ0) is 6.15. The van der Waals surface area contributed by atoms with Crippen LogP contribution in [0.15, 0.2) is 0 Å². The van der Waals surface area contributed by atoms with E-state index in [0.717, 1.165) is 6.66 Å². The molecule has 46 valence electrons. The molecule has 0 saturated carbocycles. The van der Waals surface area contributed by atoms with Crippen LogP contribution in [0.2, 0.25) is 0 Å². The molecule has 0 aromatic heterocycles. The number of hydrogen-bond acceptors (Lipinski definition) is 3.